The molecule has 2 heterocycles. The standard InChI is InChI=1S/C18H17N5O2/c1-24-14-8-6-12(7-9-14)17-11-16(19-18-20-21-22-23(17)18)13-4-3-5-15(10-13)25-2/h3-11,17H,1-2H3,(H,19,20,22). The summed E-state index contributed by atoms with van der Waals surface area (Å²) in [4.78, 5) is 0. The molecule has 25 heavy (non-hydrogen) atoms. The molecule has 4 rings (SSSR count). The molecule has 1 atom stereocenters. The number of hydrogen-bond acceptors (Lipinski definition) is 6. The number of ether oxygens (including phenoxy) is 2. The van der Waals surface area contributed by atoms with Crippen molar-refractivity contribution in [3.63, 3.8) is 0 Å². The van der Waals surface area contributed by atoms with Crippen molar-refractivity contribution in [1.29, 1.82) is 0 Å². The van der Waals surface area contributed by atoms with Crippen LogP contribution in [-0.4, -0.2) is 34.4 Å². The highest BCUT2D eigenvalue weighted by atomic mass is 16.5. The van der Waals surface area contributed by atoms with Crippen LogP contribution in [0.3, 0.4) is 0 Å². The zero-order valence-electron chi connectivity index (χ0n) is 13.9. The quantitative estimate of drug-likeness (QED) is 0.790. The third kappa shape index (κ3) is 2.80. The Morgan fingerprint density at radius 1 is 1.00 bits per heavy atom. The predicted octanol–water partition coefficient (Wildman–Crippen LogP) is 2.75. The van der Waals surface area contributed by atoms with Crippen molar-refractivity contribution in [3.8, 4) is 11.5 Å². The van der Waals surface area contributed by atoms with E-state index < -0.39 is 0 Å². The topological polar surface area (TPSA) is 74.1 Å². The van der Waals surface area contributed by atoms with Crippen LogP contribution in [0.25, 0.3) is 5.70 Å². The second kappa shape index (κ2) is 6.27. The van der Waals surface area contributed by atoms with Gasteiger partial charge in [-0.05, 0) is 46.3 Å². The number of aromatic nitrogens is 4. The Balaban J connectivity index is 1.77. The molecule has 0 aliphatic carbocycles. The summed E-state index contributed by atoms with van der Waals surface area (Å²) in [6.45, 7) is 0. The summed E-state index contributed by atoms with van der Waals surface area (Å²) in [5, 5.41) is 15.3. The molecular formula is C18H17N5O2. The zero-order chi connectivity index (χ0) is 17.2. The Morgan fingerprint density at radius 2 is 1.80 bits per heavy atom. The van der Waals surface area contributed by atoms with Crippen LogP contribution in [0, 0.1) is 0 Å². The fourth-order valence-corrected chi connectivity index (χ4v) is 2.85. The minimum atomic E-state index is -0.113. The van der Waals surface area contributed by atoms with E-state index >= 15 is 0 Å². The summed E-state index contributed by atoms with van der Waals surface area (Å²) >= 11 is 0. The summed E-state index contributed by atoms with van der Waals surface area (Å²) in [7, 11) is 3.31. The zero-order valence-corrected chi connectivity index (χ0v) is 13.9. The summed E-state index contributed by atoms with van der Waals surface area (Å²) in [5.74, 6) is 2.21. The first-order chi connectivity index (χ1) is 12.3. The average molecular weight is 335 g/mol. The molecule has 1 aliphatic heterocycles. The molecule has 1 aromatic heterocycles. The largest absolute Gasteiger partial charge is 0.497 e. The maximum Gasteiger partial charge on any atom is 0.248 e. The van der Waals surface area contributed by atoms with Gasteiger partial charge in [-0.25, -0.2) is 0 Å². The fourth-order valence-electron chi connectivity index (χ4n) is 2.85. The fraction of sp³-hybridized carbons (Fsp3) is 0.167. The Bertz CT molecular complexity index is 917. The van der Waals surface area contributed by atoms with E-state index in [1.54, 1.807) is 18.9 Å². The van der Waals surface area contributed by atoms with E-state index in [-0.39, 0.29) is 6.04 Å². The molecule has 1 aliphatic rings. The highest BCUT2D eigenvalue weighted by molar-refractivity contribution is 5.77. The number of allylic oxidation sites excluding steroid dienone is 1. The van der Waals surface area contributed by atoms with Crippen LogP contribution in [0.1, 0.15) is 17.2 Å². The van der Waals surface area contributed by atoms with Gasteiger partial charge >= 0.3 is 0 Å². The lowest BCUT2D eigenvalue weighted by molar-refractivity contribution is 0.414. The number of fused-ring (bicyclic) bond motifs is 1. The van der Waals surface area contributed by atoms with E-state index in [0.717, 1.165) is 28.3 Å². The first kappa shape index (κ1) is 15.2. The third-order valence-corrected chi connectivity index (χ3v) is 4.17. The van der Waals surface area contributed by atoms with Crippen LogP contribution in [0.4, 0.5) is 5.95 Å². The molecule has 3 aromatic rings. The second-order valence-electron chi connectivity index (χ2n) is 5.60. The van der Waals surface area contributed by atoms with Gasteiger partial charge in [0, 0.05) is 11.3 Å². The Kier molecular flexibility index (Phi) is 3.81. The van der Waals surface area contributed by atoms with Gasteiger partial charge in [0.1, 0.15) is 17.5 Å². The molecule has 0 spiro atoms. The minimum absolute atomic E-state index is 0.113. The molecule has 7 nitrogen and oxygen atoms in total. The summed E-state index contributed by atoms with van der Waals surface area (Å²) in [6, 6.07) is 15.6. The molecule has 2 aromatic carbocycles. The molecule has 0 fully saturated rings. The summed E-state index contributed by atoms with van der Waals surface area (Å²) < 4.78 is 12.3. The SMILES string of the molecule is COc1ccc(C2C=C(c3cccc(OC)c3)Nc3nnnn32)cc1. The number of rotatable bonds is 4. The van der Waals surface area contributed by atoms with Gasteiger partial charge in [-0.1, -0.05) is 29.4 Å². The lowest BCUT2D eigenvalue weighted by Gasteiger charge is -2.23. The lowest BCUT2D eigenvalue weighted by atomic mass is 10.0. The predicted molar refractivity (Wildman–Crippen MR) is 93.5 cm³/mol. The highest BCUT2D eigenvalue weighted by Gasteiger charge is 2.24. The van der Waals surface area contributed by atoms with Crippen LogP contribution in [0.2, 0.25) is 0 Å². The monoisotopic (exact) mass is 335 g/mol. The number of tetrazole rings is 1. The normalized spacial score (nSPS) is 15.8. The maximum absolute atomic E-state index is 5.32. The number of anilines is 1. The minimum Gasteiger partial charge on any atom is -0.497 e. The van der Waals surface area contributed by atoms with Gasteiger partial charge < -0.3 is 14.8 Å². The van der Waals surface area contributed by atoms with Crippen molar-refractivity contribution in [2.75, 3.05) is 19.5 Å². The van der Waals surface area contributed by atoms with E-state index in [2.05, 4.69) is 26.9 Å². The number of benzene rings is 2. The van der Waals surface area contributed by atoms with Gasteiger partial charge in [-0.3, -0.25) is 0 Å². The molecule has 1 N–H and O–H groups in total. The van der Waals surface area contributed by atoms with Crippen molar-refractivity contribution in [1.82, 2.24) is 20.2 Å². The number of nitrogens with zero attached hydrogens (tertiary/aromatic N) is 4. The van der Waals surface area contributed by atoms with Gasteiger partial charge in [-0.15, -0.1) is 0 Å². The van der Waals surface area contributed by atoms with Crippen LogP contribution >= 0.6 is 0 Å². The molecule has 0 bridgehead atoms. The smallest absolute Gasteiger partial charge is 0.248 e. The summed E-state index contributed by atoms with van der Waals surface area (Å²) in [6.07, 6.45) is 2.10. The van der Waals surface area contributed by atoms with Crippen LogP contribution in [-0.2, 0) is 0 Å². The molecule has 126 valence electrons. The van der Waals surface area contributed by atoms with E-state index in [4.69, 9.17) is 9.47 Å². The van der Waals surface area contributed by atoms with Crippen molar-refractivity contribution < 1.29 is 9.47 Å². The molecule has 0 saturated carbocycles. The van der Waals surface area contributed by atoms with Crippen molar-refractivity contribution in [2.24, 2.45) is 0 Å². The van der Waals surface area contributed by atoms with Gasteiger partial charge in [0.25, 0.3) is 0 Å². The average Bonchev–Trinajstić information content (AvgIpc) is 3.16. The lowest BCUT2D eigenvalue weighted by Crippen LogP contribution is -2.20. The molecule has 1 unspecified atom stereocenters. The van der Waals surface area contributed by atoms with Gasteiger partial charge in [0.15, 0.2) is 0 Å². The Morgan fingerprint density at radius 3 is 2.56 bits per heavy atom. The van der Waals surface area contributed by atoms with Gasteiger partial charge in [0.2, 0.25) is 5.95 Å². The molecule has 7 heteroatoms. The molecular weight excluding hydrogens is 318 g/mol. The molecule has 0 amide bonds. The number of methoxy groups -OCH3 is 2. The van der Waals surface area contributed by atoms with E-state index in [1.165, 1.54) is 0 Å². The Labute approximate surface area is 144 Å². The van der Waals surface area contributed by atoms with E-state index in [9.17, 15) is 0 Å². The van der Waals surface area contributed by atoms with Crippen molar-refractivity contribution in [2.45, 2.75) is 6.04 Å². The summed E-state index contributed by atoms with van der Waals surface area (Å²) in [5.41, 5.74) is 3.00. The first-order valence-corrected chi connectivity index (χ1v) is 7.83. The van der Waals surface area contributed by atoms with Crippen LogP contribution in [0.5, 0.6) is 11.5 Å². The van der Waals surface area contributed by atoms with Crippen LogP contribution < -0.4 is 14.8 Å². The van der Waals surface area contributed by atoms with E-state index in [0.29, 0.717) is 5.95 Å². The molecule has 0 saturated heterocycles. The Hall–Kier alpha value is -3.35. The van der Waals surface area contributed by atoms with Crippen molar-refractivity contribution >= 4 is 11.6 Å². The van der Waals surface area contributed by atoms with Gasteiger partial charge in [0.05, 0.1) is 14.2 Å². The van der Waals surface area contributed by atoms with Crippen molar-refractivity contribution in [3.05, 3.63) is 65.7 Å². The van der Waals surface area contributed by atoms with Gasteiger partial charge in [-0.2, -0.15) is 4.68 Å². The maximum atomic E-state index is 5.32. The molecule has 0 radical (unpaired) electrons. The third-order valence-electron chi connectivity index (χ3n) is 4.17. The second-order valence-corrected chi connectivity index (χ2v) is 5.60. The van der Waals surface area contributed by atoms with Crippen LogP contribution in [0.15, 0.2) is 54.6 Å². The highest BCUT2D eigenvalue weighted by Crippen LogP contribution is 2.33. The number of nitrogens with one attached hydrogen (secondary N) is 1. The number of hydrogen-bond donors (Lipinski definition) is 1. The first-order valence-electron chi connectivity index (χ1n) is 7.83. The van der Waals surface area contributed by atoms with E-state index in [1.807, 2.05) is 48.5 Å².